The minimum absolute atomic E-state index is 0.226. The van der Waals surface area contributed by atoms with Gasteiger partial charge in [0.25, 0.3) is 0 Å². The van der Waals surface area contributed by atoms with Crippen LogP contribution < -0.4 is 11.1 Å². The zero-order valence-electron chi connectivity index (χ0n) is 8.16. The Labute approximate surface area is 83.4 Å². The van der Waals surface area contributed by atoms with E-state index in [2.05, 4.69) is 24.1 Å². The smallest absolute Gasteiger partial charge is 0.182 e. The van der Waals surface area contributed by atoms with Crippen LogP contribution in [-0.4, -0.2) is 17.6 Å². The van der Waals surface area contributed by atoms with Gasteiger partial charge in [-0.1, -0.05) is 13.8 Å². The Morgan fingerprint density at radius 1 is 1.62 bits per heavy atom. The summed E-state index contributed by atoms with van der Waals surface area (Å²) in [5.74, 6) is 0.660. The molecule has 1 aromatic rings. The van der Waals surface area contributed by atoms with E-state index in [1.165, 1.54) is 0 Å². The molecule has 0 aliphatic carbocycles. The molecule has 0 aliphatic rings. The highest BCUT2D eigenvalue weighted by molar-refractivity contribution is 7.13. The normalized spacial score (nSPS) is 13.2. The van der Waals surface area contributed by atoms with Crippen LogP contribution in [0.4, 0.5) is 5.13 Å². The molecule has 1 atom stereocenters. The van der Waals surface area contributed by atoms with E-state index in [1.54, 1.807) is 17.5 Å². The summed E-state index contributed by atoms with van der Waals surface area (Å²) in [7, 11) is 0. The van der Waals surface area contributed by atoms with E-state index in [-0.39, 0.29) is 6.04 Å². The molecule has 0 saturated heterocycles. The van der Waals surface area contributed by atoms with Crippen LogP contribution in [0.1, 0.15) is 20.3 Å². The molecule has 3 N–H and O–H groups in total. The quantitative estimate of drug-likeness (QED) is 0.762. The van der Waals surface area contributed by atoms with Crippen molar-refractivity contribution in [3.63, 3.8) is 0 Å². The van der Waals surface area contributed by atoms with Crippen molar-refractivity contribution < 1.29 is 0 Å². The zero-order chi connectivity index (χ0) is 9.68. The minimum Gasteiger partial charge on any atom is -0.360 e. The number of nitrogens with one attached hydrogen (secondary N) is 1. The number of hydrogen-bond donors (Lipinski definition) is 2. The SMILES string of the molecule is CC(C)CC(N)CNc1nccs1. The maximum atomic E-state index is 5.91. The largest absolute Gasteiger partial charge is 0.360 e. The highest BCUT2D eigenvalue weighted by Gasteiger charge is 2.05. The highest BCUT2D eigenvalue weighted by atomic mass is 32.1. The molecule has 74 valence electrons. The van der Waals surface area contributed by atoms with Gasteiger partial charge in [0, 0.05) is 24.2 Å². The molecule has 0 aromatic carbocycles. The molecular weight excluding hydrogens is 182 g/mol. The second-order valence-corrected chi connectivity index (χ2v) is 4.50. The Morgan fingerprint density at radius 2 is 2.38 bits per heavy atom. The van der Waals surface area contributed by atoms with Crippen molar-refractivity contribution in [1.29, 1.82) is 0 Å². The molecule has 1 rings (SSSR count). The summed E-state index contributed by atoms with van der Waals surface area (Å²) in [5.41, 5.74) is 5.91. The second-order valence-electron chi connectivity index (χ2n) is 3.61. The molecule has 0 amide bonds. The van der Waals surface area contributed by atoms with Gasteiger partial charge < -0.3 is 11.1 Å². The standard InChI is InChI=1S/C9H17N3S/c1-7(2)5-8(10)6-12-9-11-3-4-13-9/h3-4,7-8H,5-6,10H2,1-2H3,(H,11,12). The Kier molecular flexibility index (Phi) is 4.18. The van der Waals surface area contributed by atoms with Gasteiger partial charge in [0.05, 0.1) is 0 Å². The lowest BCUT2D eigenvalue weighted by molar-refractivity contribution is 0.508. The van der Waals surface area contributed by atoms with Crippen LogP contribution in [-0.2, 0) is 0 Å². The Balaban J connectivity index is 2.19. The summed E-state index contributed by atoms with van der Waals surface area (Å²) in [6, 6.07) is 0.226. The number of hydrogen-bond acceptors (Lipinski definition) is 4. The van der Waals surface area contributed by atoms with E-state index in [1.807, 2.05) is 5.38 Å². The molecular formula is C9H17N3S. The van der Waals surface area contributed by atoms with Crippen LogP contribution in [0.15, 0.2) is 11.6 Å². The van der Waals surface area contributed by atoms with Crippen molar-refractivity contribution in [2.24, 2.45) is 11.7 Å². The fourth-order valence-corrected chi connectivity index (χ4v) is 1.76. The van der Waals surface area contributed by atoms with Gasteiger partial charge in [0.15, 0.2) is 5.13 Å². The maximum Gasteiger partial charge on any atom is 0.182 e. The lowest BCUT2D eigenvalue weighted by Crippen LogP contribution is -2.30. The molecule has 1 aromatic heterocycles. The lowest BCUT2D eigenvalue weighted by atomic mass is 10.1. The van der Waals surface area contributed by atoms with Crippen LogP contribution in [0.5, 0.6) is 0 Å². The third-order valence-corrected chi connectivity index (χ3v) is 2.45. The van der Waals surface area contributed by atoms with Gasteiger partial charge in [-0.3, -0.25) is 0 Å². The fourth-order valence-electron chi connectivity index (χ4n) is 1.22. The molecule has 0 aliphatic heterocycles. The highest BCUT2D eigenvalue weighted by Crippen LogP contribution is 2.10. The summed E-state index contributed by atoms with van der Waals surface area (Å²) >= 11 is 1.61. The monoisotopic (exact) mass is 199 g/mol. The number of anilines is 1. The van der Waals surface area contributed by atoms with Gasteiger partial charge >= 0.3 is 0 Å². The number of rotatable bonds is 5. The topological polar surface area (TPSA) is 50.9 Å². The Bertz CT molecular complexity index is 221. The molecule has 1 unspecified atom stereocenters. The van der Waals surface area contributed by atoms with Crippen molar-refractivity contribution in [1.82, 2.24) is 4.98 Å². The molecule has 0 spiro atoms. The molecule has 1 heterocycles. The van der Waals surface area contributed by atoms with E-state index < -0.39 is 0 Å². The third-order valence-electron chi connectivity index (χ3n) is 1.72. The molecule has 0 saturated carbocycles. The first kappa shape index (κ1) is 10.5. The van der Waals surface area contributed by atoms with Crippen LogP contribution in [0.2, 0.25) is 0 Å². The van der Waals surface area contributed by atoms with Crippen molar-refractivity contribution in [3.05, 3.63) is 11.6 Å². The first-order chi connectivity index (χ1) is 6.18. The summed E-state index contributed by atoms with van der Waals surface area (Å²) in [4.78, 5) is 4.12. The molecule has 0 fully saturated rings. The number of nitrogens with zero attached hydrogens (tertiary/aromatic N) is 1. The van der Waals surface area contributed by atoms with Gasteiger partial charge in [-0.05, 0) is 12.3 Å². The average Bonchev–Trinajstić information content (AvgIpc) is 2.51. The molecule has 3 nitrogen and oxygen atoms in total. The van der Waals surface area contributed by atoms with E-state index in [0.717, 1.165) is 18.1 Å². The number of thiazole rings is 1. The maximum absolute atomic E-state index is 5.91. The van der Waals surface area contributed by atoms with Gasteiger partial charge in [0.2, 0.25) is 0 Å². The van der Waals surface area contributed by atoms with Crippen LogP contribution >= 0.6 is 11.3 Å². The molecule has 0 radical (unpaired) electrons. The van der Waals surface area contributed by atoms with E-state index in [4.69, 9.17) is 5.73 Å². The lowest BCUT2D eigenvalue weighted by Gasteiger charge is -2.13. The van der Waals surface area contributed by atoms with Gasteiger partial charge in [-0.2, -0.15) is 0 Å². The van der Waals surface area contributed by atoms with Crippen molar-refractivity contribution >= 4 is 16.5 Å². The molecule has 4 heteroatoms. The third kappa shape index (κ3) is 4.24. The van der Waals surface area contributed by atoms with Gasteiger partial charge in [-0.25, -0.2) is 4.98 Å². The van der Waals surface area contributed by atoms with Crippen molar-refractivity contribution in [2.75, 3.05) is 11.9 Å². The van der Waals surface area contributed by atoms with E-state index in [9.17, 15) is 0 Å². The van der Waals surface area contributed by atoms with Gasteiger partial charge in [-0.15, -0.1) is 11.3 Å². The Morgan fingerprint density at radius 3 is 2.92 bits per heavy atom. The summed E-state index contributed by atoms with van der Waals surface area (Å²) in [6.07, 6.45) is 2.85. The minimum atomic E-state index is 0.226. The second kappa shape index (κ2) is 5.19. The first-order valence-electron chi connectivity index (χ1n) is 4.57. The summed E-state index contributed by atoms with van der Waals surface area (Å²) < 4.78 is 0. The summed E-state index contributed by atoms with van der Waals surface area (Å²) in [6.45, 7) is 5.18. The van der Waals surface area contributed by atoms with Gasteiger partial charge in [0.1, 0.15) is 0 Å². The molecule has 13 heavy (non-hydrogen) atoms. The van der Waals surface area contributed by atoms with E-state index in [0.29, 0.717) is 5.92 Å². The van der Waals surface area contributed by atoms with Crippen molar-refractivity contribution in [3.8, 4) is 0 Å². The Hall–Kier alpha value is -0.610. The predicted octanol–water partition coefficient (Wildman–Crippen LogP) is 1.93. The molecule has 0 bridgehead atoms. The fraction of sp³-hybridized carbons (Fsp3) is 0.667. The predicted molar refractivity (Wildman–Crippen MR) is 58.0 cm³/mol. The number of nitrogens with two attached hydrogens (primary N) is 1. The summed E-state index contributed by atoms with van der Waals surface area (Å²) in [5, 5.41) is 6.12. The van der Waals surface area contributed by atoms with Crippen LogP contribution in [0, 0.1) is 5.92 Å². The average molecular weight is 199 g/mol. The number of aromatic nitrogens is 1. The zero-order valence-corrected chi connectivity index (χ0v) is 8.97. The first-order valence-corrected chi connectivity index (χ1v) is 5.45. The van der Waals surface area contributed by atoms with Crippen LogP contribution in [0.25, 0.3) is 0 Å². The van der Waals surface area contributed by atoms with Crippen molar-refractivity contribution in [2.45, 2.75) is 26.3 Å². The van der Waals surface area contributed by atoms with Crippen LogP contribution in [0.3, 0.4) is 0 Å². The van der Waals surface area contributed by atoms with E-state index >= 15 is 0 Å².